The van der Waals surface area contributed by atoms with Gasteiger partial charge in [0.1, 0.15) is 23.5 Å². The van der Waals surface area contributed by atoms with Crippen LogP contribution in [0.25, 0.3) is 5.70 Å². The largest absolute Gasteiger partial charge is 0.493 e. The zero-order valence-corrected chi connectivity index (χ0v) is 14.3. The van der Waals surface area contributed by atoms with Crippen LogP contribution in [0.15, 0.2) is 47.2 Å². The number of hydrogen-bond donors (Lipinski definition) is 4. The Bertz CT molecular complexity index is 979. The van der Waals surface area contributed by atoms with Gasteiger partial charge in [0.25, 0.3) is 0 Å². The van der Waals surface area contributed by atoms with Crippen molar-refractivity contribution in [1.29, 1.82) is 5.41 Å². The molecule has 9 heteroatoms. The third-order valence-corrected chi connectivity index (χ3v) is 3.76. The summed E-state index contributed by atoms with van der Waals surface area (Å²) in [4.78, 5) is 7.57. The van der Waals surface area contributed by atoms with Gasteiger partial charge in [0.2, 0.25) is 11.8 Å². The molecule has 0 unspecified atom stereocenters. The molecule has 0 atom stereocenters. The molecule has 0 aliphatic carbocycles. The topological polar surface area (TPSA) is 128 Å². The van der Waals surface area contributed by atoms with Crippen LogP contribution in [0.4, 0.5) is 4.39 Å². The summed E-state index contributed by atoms with van der Waals surface area (Å²) in [5, 5.41) is 34.4. The van der Waals surface area contributed by atoms with E-state index in [4.69, 9.17) is 9.93 Å². The highest BCUT2D eigenvalue weighted by Gasteiger charge is 2.14. The third-order valence-electron chi connectivity index (χ3n) is 3.76. The number of nitrogens with zero attached hydrogens (tertiary/aromatic N) is 3. The molecule has 3 rings (SSSR count). The Hall–Kier alpha value is -3.75. The molecule has 0 aliphatic heterocycles. The number of nitrogens with one attached hydrogen (secondary N) is 2. The average molecular weight is 369 g/mol. The Morgan fingerprint density at radius 3 is 2.56 bits per heavy atom. The summed E-state index contributed by atoms with van der Waals surface area (Å²) in [7, 11) is 0. The van der Waals surface area contributed by atoms with E-state index in [0.29, 0.717) is 17.0 Å². The first-order chi connectivity index (χ1) is 13.0. The Balaban J connectivity index is 1.89. The minimum absolute atomic E-state index is 0.116. The van der Waals surface area contributed by atoms with Crippen LogP contribution in [0.3, 0.4) is 0 Å². The summed E-state index contributed by atoms with van der Waals surface area (Å²) >= 11 is 0. The van der Waals surface area contributed by atoms with Crippen molar-refractivity contribution in [2.75, 3.05) is 0 Å². The number of hydrogen-bond acceptors (Lipinski definition) is 8. The Morgan fingerprint density at radius 1 is 1.22 bits per heavy atom. The number of aromatic nitrogens is 3. The van der Waals surface area contributed by atoms with Crippen LogP contribution < -0.4 is 5.32 Å². The number of halogens is 1. The summed E-state index contributed by atoms with van der Waals surface area (Å²) in [5.74, 6) is -1.38. The molecule has 27 heavy (non-hydrogen) atoms. The summed E-state index contributed by atoms with van der Waals surface area (Å²) in [6.45, 7) is 1.59. The molecular weight excluding hydrogens is 353 g/mol. The maximum atomic E-state index is 13.8. The fourth-order valence-electron chi connectivity index (χ4n) is 2.22. The van der Waals surface area contributed by atoms with Crippen LogP contribution in [0, 0.1) is 18.2 Å². The van der Waals surface area contributed by atoms with Gasteiger partial charge in [-0.05, 0) is 19.1 Å². The number of benzene rings is 1. The minimum atomic E-state index is -0.419. The van der Waals surface area contributed by atoms with Crippen LogP contribution >= 0.6 is 0 Å². The van der Waals surface area contributed by atoms with Gasteiger partial charge in [-0.1, -0.05) is 23.4 Å². The van der Waals surface area contributed by atoms with E-state index >= 15 is 0 Å². The quantitative estimate of drug-likeness (QED) is 0.492. The van der Waals surface area contributed by atoms with Crippen molar-refractivity contribution in [1.82, 2.24) is 20.4 Å². The molecule has 0 aliphatic rings. The molecule has 0 amide bonds. The van der Waals surface area contributed by atoms with Gasteiger partial charge in [0, 0.05) is 18.2 Å². The van der Waals surface area contributed by atoms with Crippen molar-refractivity contribution in [2.24, 2.45) is 0 Å². The zero-order chi connectivity index (χ0) is 19.4. The van der Waals surface area contributed by atoms with E-state index in [0.717, 1.165) is 0 Å². The Kier molecular flexibility index (Phi) is 5.11. The molecule has 0 fully saturated rings. The number of aromatic hydroxyl groups is 2. The smallest absolute Gasteiger partial charge is 0.221 e. The summed E-state index contributed by atoms with van der Waals surface area (Å²) in [6, 6.07) is 7.86. The van der Waals surface area contributed by atoms with Crippen LogP contribution in [0.2, 0.25) is 0 Å². The fourth-order valence-corrected chi connectivity index (χ4v) is 2.22. The molecule has 0 spiro atoms. The molecule has 2 heterocycles. The Labute approximate surface area is 153 Å². The van der Waals surface area contributed by atoms with Gasteiger partial charge in [0.15, 0.2) is 5.82 Å². The predicted octanol–water partition coefficient (Wildman–Crippen LogP) is 2.52. The summed E-state index contributed by atoms with van der Waals surface area (Å²) in [5.41, 5.74) is 1.10. The van der Waals surface area contributed by atoms with E-state index in [1.807, 2.05) is 0 Å². The van der Waals surface area contributed by atoms with Gasteiger partial charge in [-0.3, -0.25) is 5.41 Å². The monoisotopic (exact) mass is 369 g/mol. The van der Waals surface area contributed by atoms with Gasteiger partial charge >= 0.3 is 0 Å². The van der Waals surface area contributed by atoms with Crippen LogP contribution in [0.5, 0.6) is 11.8 Å². The lowest BCUT2D eigenvalue weighted by atomic mass is 10.2. The highest BCUT2D eigenvalue weighted by atomic mass is 19.1. The highest BCUT2D eigenvalue weighted by molar-refractivity contribution is 6.07. The van der Waals surface area contributed by atoms with E-state index in [1.54, 1.807) is 24.3 Å². The predicted molar refractivity (Wildman–Crippen MR) is 94.6 cm³/mol. The maximum absolute atomic E-state index is 13.8. The van der Waals surface area contributed by atoms with Crippen molar-refractivity contribution in [3.8, 4) is 11.8 Å². The van der Waals surface area contributed by atoms with Crippen LogP contribution in [-0.2, 0) is 6.54 Å². The molecule has 4 N–H and O–H groups in total. The SMILES string of the molecule is Cc1c(O)nc(C(=N)/C=C(\NCc2ccccc2F)c2ccon2)nc1O. The lowest BCUT2D eigenvalue weighted by molar-refractivity contribution is 0.413. The number of rotatable bonds is 6. The third kappa shape index (κ3) is 4.09. The zero-order valence-electron chi connectivity index (χ0n) is 14.3. The fraction of sp³-hybridized carbons (Fsp3) is 0.111. The molecule has 8 nitrogen and oxygen atoms in total. The van der Waals surface area contributed by atoms with E-state index < -0.39 is 11.8 Å². The first-order valence-corrected chi connectivity index (χ1v) is 7.91. The molecule has 0 bridgehead atoms. The van der Waals surface area contributed by atoms with Crippen LogP contribution in [0.1, 0.15) is 22.6 Å². The second-order valence-electron chi connectivity index (χ2n) is 5.62. The van der Waals surface area contributed by atoms with E-state index in [9.17, 15) is 14.6 Å². The molecular formula is C18H16FN5O3. The van der Waals surface area contributed by atoms with Crippen molar-refractivity contribution in [3.63, 3.8) is 0 Å². The highest BCUT2D eigenvalue weighted by Crippen LogP contribution is 2.22. The van der Waals surface area contributed by atoms with Crippen LogP contribution in [-0.4, -0.2) is 31.0 Å². The van der Waals surface area contributed by atoms with E-state index in [2.05, 4.69) is 20.4 Å². The van der Waals surface area contributed by atoms with Gasteiger partial charge in [-0.2, -0.15) is 9.97 Å². The molecule has 3 aromatic rings. The summed E-state index contributed by atoms with van der Waals surface area (Å²) < 4.78 is 18.7. The van der Waals surface area contributed by atoms with Gasteiger partial charge in [-0.25, -0.2) is 4.39 Å². The van der Waals surface area contributed by atoms with Gasteiger partial charge < -0.3 is 20.1 Å². The summed E-state index contributed by atoms with van der Waals surface area (Å²) in [6.07, 6.45) is 2.71. The lowest BCUT2D eigenvalue weighted by Gasteiger charge is -2.10. The molecule has 0 radical (unpaired) electrons. The molecule has 0 saturated carbocycles. The second kappa shape index (κ2) is 7.65. The van der Waals surface area contributed by atoms with Crippen molar-refractivity contribution in [3.05, 3.63) is 71.1 Å². The van der Waals surface area contributed by atoms with Crippen molar-refractivity contribution in [2.45, 2.75) is 13.5 Å². The van der Waals surface area contributed by atoms with E-state index in [1.165, 1.54) is 25.3 Å². The van der Waals surface area contributed by atoms with Gasteiger partial charge in [-0.15, -0.1) is 0 Å². The lowest BCUT2D eigenvalue weighted by Crippen LogP contribution is -2.15. The normalized spacial score (nSPS) is 11.4. The van der Waals surface area contributed by atoms with E-state index in [-0.39, 0.29) is 29.5 Å². The first-order valence-electron chi connectivity index (χ1n) is 7.91. The number of allylic oxidation sites excluding steroid dienone is 1. The molecule has 2 aromatic heterocycles. The Morgan fingerprint density at radius 2 is 1.93 bits per heavy atom. The van der Waals surface area contributed by atoms with Crippen molar-refractivity contribution >= 4 is 11.4 Å². The molecule has 1 aromatic carbocycles. The maximum Gasteiger partial charge on any atom is 0.221 e. The average Bonchev–Trinajstić information content (AvgIpc) is 3.18. The minimum Gasteiger partial charge on any atom is -0.493 e. The van der Waals surface area contributed by atoms with Crippen molar-refractivity contribution < 1.29 is 19.1 Å². The van der Waals surface area contributed by atoms with Gasteiger partial charge in [0.05, 0.1) is 11.3 Å². The first kappa shape index (κ1) is 18.1. The molecule has 0 saturated heterocycles. The molecule has 138 valence electrons. The standard InChI is InChI=1S/C18H16FN5O3/c1-10-17(25)22-16(23-18(10)26)13(20)8-15(14-6-7-27-24-14)21-9-11-4-2-3-5-12(11)19/h2-8,20-21H,9H2,1H3,(H2,22,23,25,26)/b15-8-,20-13?. The second-order valence-corrected chi connectivity index (χ2v) is 5.62.